The average Bonchev–Trinajstić information content (AvgIpc) is 2.45. The van der Waals surface area contributed by atoms with Crippen molar-refractivity contribution in [3.05, 3.63) is 11.6 Å². The van der Waals surface area contributed by atoms with E-state index in [0.29, 0.717) is 5.82 Å². The van der Waals surface area contributed by atoms with Crippen molar-refractivity contribution in [1.82, 2.24) is 14.8 Å². The minimum Gasteiger partial charge on any atom is -0.305 e. The summed E-state index contributed by atoms with van der Waals surface area (Å²) in [6, 6.07) is -0.297. The van der Waals surface area contributed by atoms with Gasteiger partial charge < -0.3 is 4.57 Å². The highest BCUT2D eigenvalue weighted by atomic mass is 19.4. The molecule has 0 atom stereocenters. The highest BCUT2D eigenvalue weighted by molar-refractivity contribution is 5.04. The highest BCUT2D eigenvalue weighted by Gasteiger charge is 2.39. The molecule has 0 aromatic carbocycles. The Balaban J connectivity index is 3.31. The van der Waals surface area contributed by atoms with Gasteiger partial charge in [-0.05, 0) is 13.8 Å². The summed E-state index contributed by atoms with van der Waals surface area (Å²) in [5, 5.41) is 6.81. The van der Waals surface area contributed by atoms with Crippen molar-refractivity contribution < 1.29 is 13.2 Å². The Morgan fingerprint density at radius 1 is 1.07 bits per heavy atom. The molecule has 0 aliphatic heterocycles. The van der Waals surface area contributed by atoms with E-state index in [9.17, 15) is 13.2 Å². The summed E-state index contributed by atoms with van der Waals surface area (Å²) in [5.74, 6) is -0.616. The van der Waals surface area contributed by atoms with Crippen LogP contribution in [0.3, 0.4) is 0 Å². The first-order valence-electron chi connectivity index (χ1n) is 4.77. The Kier molecular flexibility index (Phi) is 3.06. The van der Waals surface area contributed by atoms with Crippen LogP contribution in [-0.2, 0) is 6.18 Å². The molecule has 0 amide bonds. The molecule has 0 saturated heterocycles. The zero-order valence-electron chi connectivity index (χ0n) is 9.13. The van der Waals surface area contributed by atoms with Crippen LogP contribution in [0.4, 0.5) is 13.2 Å². The molecule has 1 rings (SSSR count). The van der Waals surface area contributed by atoms with Crippen LogP contribution in [0.1, 0.15) is 51.3 Å². The van der Waals surface area contributed by atoms with Gasteiger partial charge in [0.25, 0.3) is 0 Å². The van der Waals surface area contributed by atoms with Crippen molar-refractivity contribution >= 4 is 0 Å². The lowest BCUT2D eigenvalue weighted by atomic mass is 10.2. The van der Waals surface area contributed by atoms with Crippen LogP contribution in [0.15, 0.2) is 0 Å². The number of hydrogen-bond acceptors (Lipinski definition) is 2. The molecule has 0 aliphatic carbocycles. The highest BCUT2D eigenvalue weighted by Crippen LogP contribution is 2.31. The number of halogens is 3. The van der Waals surface area contributed by atoms with Gasteiger partial charge in [-0.25, -0.2) is 0 Å². The fourth-order valence-electron chi connectivity index (χ4n) is 1.40. The zero-order chi connectivity index (χ0) is 11.8. The molecule has 0 saturated carbocycles. The van der Waals surface area contributed by atoms with Crippen molar-refractivity contribution in [2.75, 3.05) is 0 Å². The maximum atomic E-state index is 12.6. The number of rotatable bonds is 2. The molecule has 1 aromatic heterocycles. The van der Waals surface area contributed by atoms with E-state index in [4.69, 9.17) is 0 Å². The summed E-state index contributed by atoms with van der Waals surface area (Å²) in [6.45, 7) is 6.96. The molecular formula is C9H14F3N3. The van der Waals surface area contributed by atoms with E-state index in [1.165, 1.54) is 0 Å². The molecule has 0 bridgehead atoms. The van der Waals surface area contributed by atoms with Gasteiger partial charge in [-0.2, -0.15) is 13.2 Å². The Morgan fingerprint density at radius 2 is 1.60 bits per heavy atom. The molecule has 15 heavy (non-hydrogen) atoms. The Hall–Kier alpha value is -1.07. The minimum atomic E-state index is -4.44. The summed E-state index contributed by atoms with van der Waals surface area (Å²) >= 11 is 0. The first-order valence-corrected chi connectivity index (χ1v) is 4.77. The summed E-state index contributed by atoms with van der Waals surface area (Å²) in [5.41, 5.74) is 0. The van der Waals surface area contributed by atoms with Gasteiger partial charge >= 0.3 is 6.18 Å². The normalized spacial score (nSPS) is 12.9. The Morgan fingerprint density at radius 3 is 1.93 bits per heavy atom. The monoisotopic (exact) mass is 221 g/mol. The van der Waals surface area contributed by atoms with Gasteiger partial charge in [-0.15, -0.1) is 10.2 Å². The predicted molar refractivity (Wildman–Crippen MR) is 49.5 cm³/mol. The van der Waals surface area contributed by atoms with Crippen molar-refractivity contribution in [3.8, 4) is 0 Å². The first kappa shape index (κ1) is 12.0. The second-order valence-electron chi connectivity index (χ2n) is 4.00. The summed E-state index contributed by atoms with van der Waals surface area (Å²) in [4.78, 5) is 0. The van der Waals surface area contributed by atoms with Crippen LogP contribution in [0.25, 0.3) is 0 Å². The van der Waals surface area contributed by atoms with Crippen LogP contribution in [0, 0.1) is 0 Å². The summed E-state index contributed by atoms with van der Waals surface area (Å²) < 4.78 is 38.8. The van der Waals surface area contributed by atoms with E-state index in [-0.39, 0.29) is 12.0 Å². The topological polar surface area (TPSA) is 30.7 Å². The molecule has 0 radical (unpaired) electrons. The maximum Gasteiger partial charge on any atom is 0.451 e. The number of hydrogen-bond donors (Lipinski definition) is 0. The van der Waals surface area contributed by atoms with E-state index in [1.54, 1.807) is 27.7 Å². The van der Waals surface area contributed by atoms with Crippen LogP contribution < -0.4 is 0 Å². The quantitative estimate of drug-likeness (QED) is 0.768. The van der Waals surface area contributed by atoms with Gasteiger partial charge in [0.1, 0.15) is 5.82 Å². The van der Waals surface area contributed by atoms with Gasteiger partial charge in [0, 0.05) is 12.0 Å². The second kappa shape index (κ2) is 3.83. The number of aromatic nitrogens is 3. The van der Waals surface area contributed by atoms with Gasteiger partial charge in [0.15, 0.2) is 0 Å². The van der Waals surface area contributed by atoms with Crippen LogP contribution in [0.5, 0.6) is 0 Å². The van der Waals surface area contributed by atoms with Crippen LogP contribution in [-0.4, -0.2) is 14.8 Å². The van der Waals surface area contributed by atoms with E-state index < -0.39 is 12.0 Å². The van der Waals surface area contributed by atoms with Crippen LogP contribution >= 0.6 is 0 Å². The fourth-order valence-corrected chi connectivity index (χ4v) is 1.40. The summed E-state index contributed by atoms with van der Waals surface area (Å²) in [6.07, 6.45) is -4.44. The Bertz CT molecular complexity index is 339. The van der Waals surface area contributed by atoms with Gasteiger partial charge in [-0.3, -0.25) is 0 Å². The summed E-state index contributed by atoms with van der Waals surface area (Å²) in [7, 11) is 0. The van der Waals surface area contributed by atoms with Gasteiger partial charge in [0.2, 0.25) is 5.82 Å². The number of alkyl halides is 3. The standard InChI is InChI=1S/C9H14F3N3/c1-5(2)7-13-14-8(9(10,11)12)15(7)6(3)4/h5-6H,1-4H3. The van der Waals surface area contributed by atoms with Crippen molar-refractivity contribution in [1.29, 1.82) is 0 Å². The molecule has 1 aromatic rings. The molecule has 3 nitrogen and oxygen atoms in total. The largest absolute Gasteiger partial charge is 0.451 e. The molecule has 0 spiro atoms. The molecular weight excluding hydrogens is 207 g/mol. The SMILES string of the molecule is CC(C)c1nnc(C(F)(F)F)n1C(C)C. The first-order chi connectivity index (χ1) is 6.75. The zero-order valence-corrected chi connectivity index (χ0v) is 9.13. The molecule has 0 N–H and O–H groups in total. The van der Waals surface area contributed by atoms with E-state index in [0.717, 1.165) is 4.57 Å². The third kappa shape index (κ3) is 2.30. The van der Waals surface area contributed by atoms with E-state index >= 15 is 0 Å². The van der Waals surface area contributed by atoms with Gasteiger partial charge in [0.05, 0.1) is 0 Å². The lowest BCUT2D eigenvalue weighted by Crippen LogP contribution is -2.18. The molecule has 0 fully saturated rings. The predicted octanol–water partition coefficient (Wildman–Crippen LogP) is 3.00. The molecule has 6 heteroatoms. The van der Waals surface area contributed by atoms with Crippen molar-refractivity contribution in [3.63, 3.8) is 0 Å². The smallest absolute Gasteiger partial charge is 0.305 e. The molecule has 86 valence electrons. The average molecular weight is 221 g/mol. The van der Waals surface area contributed by atoms with E-state index in [1.807, 2.05) is 0 Å². The van der Waals surface area contributed by atoms with Gasteiger partial charge in [-0.1, -0.05) is 13.8 Å². The fraction of sp³-hybridized carbons (Fsp3) is 0.778. The van der Waals surface area contributed by atoms with Crippen LogP contribution in [0.2, 0.25) is 0 Å². The lowest BCUT2D eigenvalue weighted by Gasteiger charge is -2.16. The third-order valence-corrected chi connectivity index (χ3v) is 2.01. The third-order valence-electron chi connectivity index (χ3n) is 2.01. The van der Waals surface area contributed by atoms with E-state index in [2.05, 4.69) is 10.2 Å². The number of nitrogens with zero attached hydrogens (tertiary/aromatic N) is 3. The minimum absolute atomic E-state index is 0.0731. The lowest BCUT2D eigenvalue weighted by molar-refractivity contribution is -0.148. The van der Waals surface area contributed by atoms with Crippen molar-refractivity contribution in [2.45, 2.75) is 45.8 Å². The molecule has 0 unspecified atom stereocenters. The van der Waals surface area contributed by atoms with Crippen molar-refractivity contribution in [2.24, 2.45) is 0 Å². The molecule has 0 aliphatic rings. The second-order valence-corrected chi connectivity index (χ2v) is 4.00. The Labute approximate surface area is 86.3 Å². The maximum absolute atomic E-state index is 12.6. The molecule has 1 heterocycles.